The topological polar surface area (TPSA) is 78.4 Å². The van der Waals surface area contributed by atoms with Crippen molar-refractivity contribution in [1.82, 2.24) is 5.32 Å². The molecular formula is C15H21BrN2O3. The van der Waals surface area contributed by atoms with Crippen LogP contribution in [-0.2, 0) is 4.79 Å². The second kappa shape index (κ2) is 8.02. The summed E-state index contributed by atoms with van der Waals surface area (Å²) in [6.07, 6.45) is 0.535. The summed E-state index contributed by atoms with van der Waals surface area (Å²) in [7, 11) is 0. The zero-order valence-electron chi connectivity index (χ0n) is 12.4. The molecule has 0 aliphatic rings. The van der Waals surface area contributed by atoms with Gasteiger partial charge in [0.1, 0.15) is 0 Å². The number of carboxylic acids is 1. The molecule has 0 saturated heterocycles. The zero-order valence-corrected chi connectivity index (χ0v) is 14.0. The molecule has 1 aromatic rings. The first kappa shape index (κ1) is 17.5. The molecule has 1 rings (SSSR count). The van der Waals surface area contributed by atoms with Crippen LogP contribution < -0.4 is 10.6 Å². The molecule has 0 spiro atoms. The maximum absolute atomic E-state index is 11.8. The fourth-order valence-corrected chi connectivity index (χ4v) is 2.20. The molecular weight excluding hydrogens is 336 g/mol. The minimum absolute atomic E-state index is 0.120. The van der Waals surface area contributed by atoms with Crippen molar-refractivity contribution >= 4 is 33.6 Å². The van der Waals surface area contributed by atoms with Gasteiger partial charge >= 0.3 is 12.0 Å². The van der Waals surface area contributed by atoms with E-state index in [1.54, 1.807) is 6.07 Å². The summed E-state index contributed by atoms with van der Waals surface area (Å²) in [5, 5.41) is 14.4. The predicted octanol–water partition coefficient (Wildman–Crippen LogP) is 3.63. The normalized spacial score (nSPS) is 12.0. The number of nitrogens with one attached hydrogen (secondary N) is 2. The highest BCUT2D eigenvalue weighted by Crippen LogP contribution is 2.19. The number of carbonyl (C=O) groups excluding carboxylic acids is 1. The summed E-state index contributed by atoms with van der Waals surface area (Å²) < 4.78 is 0.969. The van der Waals surface area contributed by atoms with Crippen molar-refractivity contribution in [1.29, 1.82) is 0 Å². The van der Waals surface area contributed by atoms with E-state index >= 15 is 0 Å². The number of rotatable bonds is 6. The highest BCUT2D eigenvalue weighted by Gasteiger charge is 2.19. The number of carbonyl (C=O) groups is 2. The molecule has 1 unspecified atom stereocenters. The van der Waals surface area contributed by atoms with Crippen LogP contribution in [0.15, 0.2) is 22.7 Å². The van der Waals surface area contributed by atoms with Gasteiger partial charge in [0, 0.05) is 16.7 Å². The highest BCUT2D eigenvalue weighted by atomic mass is 79.9. The summed E-state index contributed by atoms with van der Waals surface area (Å²) in [6, 6.07) is 5.07. The largest absolute Gasteiger partial charge is 0.481 e. The van der Waals surface area contributed by atoms with Crippen molar-refractivity contribution in [2.45, 2.75) is 27.2 Å². The lowest BCUT2D eigenvalue weighted by atomic mass is 9.97. The lowest BCUT2D eigenvalue weighted by Crippen LogP contribution is -2.36. The smallest absolute Gasteiger partial charge is 0.319 e. The van der Waals surface area contributed by atoms with Gasteiger partial charge in [-0.2, -0.15) is 0 Å². The quantitative estimate of drug-likeness (QED) is 0.728. The van der Waals surface area contributed by atoms with Gasteiger partial charge in [0.25, 0.3) is 0 Å². The van der Waals surface area contributed by atoms with Crippen LogP contribution in [0.1, 0.15) is 25.8 Å². The van der Waals surface area contributed by atoms with Crippen LogP contribution >= 0.6 is 15.9 Å². The van der Waals surface area contributed by atoms with Crippen LogP contribution in [0.2, 0.25) is 0 Å². The van der Waals surface area contributed by atoms with E-state index in [1.807, 2.05) is 32.9 Å². The van der Waals surface area contributed by atoms with Crippen molar-refractivity contribution in [3.63, 3.8) is 0 Å². The van der Waals surface area contributed by atoms with Gasteiger partial charge in [0.05, 0.1) is 5.92 Å². The van der Waals surface area contributed by atoms with Crippen molar-refractivity contribution in [2.24, 2.45) is 11.8 Å². The Hall–Kier alpha value is -1.56. The second-order valence-electron chi connectivity index (χ2n) is 5.46. The summed E-state index contributed by atoms with van der Waals surface area (Å²) in [5.74, 6) is -1.18. The van der Waals surface area contributed by atoms with Crippen LogP contribution in [0.5, 0.6) is 0 Å². The number of urea groups is 1. The molecule has 21 heavy (non-hydrogen) atoms. The molecule has 5 nitrogen and oxygen atoms in total. The number of amides is 2. The Balaban J connectivity index is 2.52. The molecule has 116 valence electrons. The minimum Gasteiger partial charge on any atom is -0.481 e. The monoisotopic (exact) mass is 356 g/mol. The zero-order chi connectivity index (χ0) is 16.0. The van der Waals surface area contributed by atoms with Crippen LogP contribution in [0.3, 0.4) is 0 Å². The number of benzene rings is 1. The van der Waals surface area contributed by atoms with Gasteiger partial charge in [-0.25, -0.2) is 4.79 Å². The number of aliphatic carboxylic acids is 1. The predicted molar refractivity (Wildman–Crippen MR) is 86.5 cm³/mol. The van der Waals surface area contributed by atoms with Crippen molar-refractivity contribution in [3.05, 3.63) is 28.2 Å². The molecule has 0 aromatic heterocycles. The first-order valence-corrected chi connectivity index (χ1v) is 7.62. The SMILES string of the molecule is Cc1cc(NC(=O)NCC(CC(C)C)C(=O)O)ccc1Br. The molecule has 1 aromatic carbocycles. The Labute approximate surface area is 133 Å². The Kier molecular flexibility index (Phi) is 6.68. The molecule has 0 heterocycles. The van der Waals surface area contributed by atoms with Gasteiger partial charge in [-0.05, 0) is 43.0 Å². The third-order valence-corrected chi connectivity index (χ3v) is 3.92. The minimum atomic E-state index is -0.886. The van der Waals surface area contributed by atoms with E-state index < -0.39 is 17.9 Å². The average molecular weight is 357 g/mol. The Morgan fingerprint density at radius 3 is 2.52 bits per heavy atom. The maximum atomic E-state index is 11.8. The molecule has 0 aliphatic carbocycles. The van der Waals surface area contributed by atoms with Gasteiger partial charge < -0.3 is 15.7 Å². The maximum Gasteiger partial charge on any atom is 0.319 e. The van der Waals surface area contributed by atoms with Crippen LogP contribution in [-0.4, -0.2) is 23.7 Å². The molecule has 6 heteroatoms. The summed E-state index contributed by atoms with van der Waals surface area (Å²) in [4.78, 5) is 22.9. The van der Waals surface area contributed by atoms with Gasteiger partial charge in [-0.3, -0.25) is 4.79 Å². The number of anilines is 1. The van der Waals surface area contributed by atoms with E-state index in [0.29, 0.717) is 12.1 Å². The van der Waals surface area contributed by atoms with Crippen LogP contribution in [0.25, 0.3) is 0 Å². The second-order valence-corrected chi connectivity index (χ2v) is 6.32. The third-order valence-electron chi connectivity index (χ3n) is 3.03. The number of carboxylic acid groups (broad SMARTS) is 1. The van der Waals surface area contributed by atoms with E-state index in [4.69, 9.17) is 5.11 Å². The van der Waals surface area contributed by atoms with Crippen molar-refractivity contribution < 1.29 is 14.7 Å². The van der Waals surface area contributed by atoms with E-state index in [1.165, 1.54) is 0 Å². The Morgan fingerprint density at radius 2 is 2.00 bits per heavy atom. The number of hydrogen-bond donors (Lipinski definition) is 3. The first-order chi connectivity index (χ1) is 9.79. The van der Waals surface area contributed by atoms with Crippen LogP contribution in [0.4, 0.5) is 10.5 Å². The molecule has 0 bridgehead atoms. The summed E-state index contributed by atoms with van der Waals surface area (Å²) in [5.41, 5.74) is 1.68. The van der Waals surface area contributed by atoms with E-state index in [9.17, 15) is 9.59 Å². The highest BCUT2D eigenvalue weighted by molar-refractivity contribution is 9.10. The lowest BCUT2D eigenvalue weighted by molar-refractivity contribution is -0.142. The fourth-order valence-electron chi connectivity index (χ4n) is 1.95. The van der Waals surface area contributed by atoms with E-state index in [2.05, 4.69) is 26.6 Å². The molecule has 0 aliphatic heterocycles. The molecule has 0 fully saturated rings. The standard InChI is InChI=1S/C15H21BrN2O3/c1-9(2)6-11(14(19)20)8-17-15(21)18-12-4-5-13(16)10(3)7-12/h4-5,7,9,11H,6,8H2,1-3H3,(H,19,20)(H2,17,18,21). The third kappa shape index (κ3) is 6.16. The fraction of sp³-hybridized carbons (Fsp3) is 0.467. The lowest BCUT2D eigenvalue weighted by Gasteiger charge is -2.16. The van der Waals surface area contributed by atoms with E-state index in [-0.39, 0.29) is 12.5 Å². The molecule has 1 atom stereocenters. The number of hydrogen-bond acceptors (Lipinski definition) is 2. The molecule has 0 saturated carbocycles. The Morgan fingerprint density at radius 1 is 1.33 bits per heavy atom. The molecule has 0 radical (unpaired) electrons. The van der Waals surface area contributed by atoms with Crippen LogP contribution in [0, 0.1) is 18.8 Å². The first-order valence-electron chi connectivity index (χ1n) is 6.83. The van der Waals surface area contributed by atoms with Gasteiger partial charge in [0.2, 0.25) is 0 Å². The van der Waals surface area contributed by atoms with Crippen molar-refractivity contribution in [3.8, 4) is 0 Å². The van der Waals surface area contributed by atoms with Gasteiger partial charge in [0.15, 0.2) is 0 Å². The average Bonchev–Trinajstić information content (AvgIpc) is 2.38. The summed E-state index contributed by atoms with van der Waals surface area (Å²) in [6.45, 7) is 5.96. The van der Waals surface area contributed by atoms with Crippen molar-refractivity contribution in [2.75, 3.05) is 11.9 Å². The van der Waals surface area contributed by atoms with Gasteiger partial charge in [-0.1, -0.05) is 29.8 Å². The van der Waals surface area contributed by atoms with E-state index in [0.717, 1.165) is 10.0 Å². The molecule has 2 amide bonds. The molecule has 3 N–H and O–H groups in total. The van der Waals surface area contributed by atoms with Gasteiger partial charge in [-0.15, -0.1) is 0 Å². The number of aryl methyl sites for hydroxylation is 1. The Bertz CT molecular complexity index is 518. The summed E-state index contributed by atoms with van der Waals surface area (Å²) >= 11 is 3.39. The number of halogens is 1.